The van der Waals surface area contributed by atoms with E-state index in [4.69, 9.17) is 13.9 Å². The van der Waals surface area contributed by atoms with Crippen LogP contribution in [0.15, 0.2) is 66.9 Å². The van der Waals surface area contributed by atoms with Crippen LogP contribution in [0.4, 0.5) is 75.0 Å². The maximum absolute atomic E-state index is 14.0. The fourth-order valence-electron chi connectivity index (χ4n) is 5.85. The van der Waals surface area contributed by atoms with Crippen molar-refractivity contribution >= 4 is 27.5 Å². The van der Waals surface area contributed by atoms with Crippen molar-refractivity contribution in [2.24, 2.45) is 16.7 Å². The molecular formula is C43H51F17O3. The highest BCUT2D eigenvalue weighted by Crippen LogP contribution is 2.61. The van der Waals surface area contributed by atoms with Crippen molar-refractivity contribution in [2.45, 2.75) is 135 Å². The van der Waals surface area contributed by atoms with E-state index < -0.39 is 66.6 Å². The fraction of sp³-hybridized carbons (Fsp3) is 0.605. The third kappa shape index (κ3) is 13.1. The van der Waals surface area contributed by atoms with Gasteiger partial charge in [-0.05, 0) is 85.5 Å². The monoisotopic (exact) mass is 938 g/mol. The van der Waals surface area contributed by atoms with Gasteiger partial charge in [-0.1, -0.05) is 95.6 Å². The van der Waals surface area contributed by atoms with Gasteiger partial charge < -0.3 is 9.47 Å². The Bertz CT molecular complexity index is 1850. The maximum atomic E-state index is 14.0. The summed E-state index contributed by atoms with van der Waals surface area (Å²) in [5, 5.41) is 5.39. The molecule has 0 saturated heterocycles. The van der Waals surface area contributed by atoms with Crippen molar-refractivity contribution in [3.05, 3.63) is 72.5 Å². The highest BCUT2D eigenvalue weighted by molar-refractivity contribution is 6.02. The molecule has 3 aromatic carbocycles. The molecule has 0 amide bonds. The fourth-order valence-corrected chi connectivity index (χ4v) is 5.85. The Balaban J connectivity index is 0.000000611. The topological polar surface area (TPSA) is 35.5 Å². The molecule has 1 unspecified atom stereocenters. The predicted octanol–water partition coefficient (Wildman–Crippen LogP) is 15.9. The van der Waals surface area contributed by atoms with Crippen LogP contribution in [-0.2, 0) is 20.7 Å². The molecule has 0 fully saturated rings. The van der Waals surface area contributed by atoms with Gasteiger partial charge in [-0.15, -0.1) is 0 Å². The van der Waals surface area contributed by atoms with E-state index in [2.05, 4.69) is 65.9 Å². The number of carbonyl (C=O) groups is 1. The minimum atomic E-state index is -8.04. The van der Waals surface area contributed by atoms with Crippen molar-refractivity contribution < 1.29 is 89.3 Å². The summed E-state index contributed by atoms with van der Waals surface area (Å²) < 4.78 is 224. The molecule has 0 bridgehead atoms. The number of unbranched alkanes of at least 4 members (excludes halogenated alkanes) is 3. The number of rotatable bonds is 21. The summed E-state index contributed by atoms with van der Waals surface area (Å²) in [7, 11) is 0. The largest absolute Gasteiger partial charge is 0.498 e. The highest BCUT2D eigenvalue weighted by Gasteiger charge is 2.89. The molecule has 3 rings (SSSR count). The third-order valence-electron chi connectivity index (χ3n) is 10.9. The first-order valence-corrected chi connectivity index (χ1v) is 19.6. The standard InChI is InChI=1S/C26H32O2.C17H19F15O.F2/c1-4-26(2,3)25(27)28-18-12-6-5-7-17-24-22-15-10-8-13-20(22)19-21-14-9-11-16-23(21)24;1-5-11(3,4)8(2)33-7-6-9(14(24,25)26)12(20,21)15(27,28)17(31,32)16(29,30)13(22,23)10(18)19;1-2/h8-11,13-16,19H,4-7,12,17-18H2,1-3H3;9-10H,2,5-7H2,1,3-4H3;. The Labute approximate surface area is 354 Å². The summed E-state index contributed by atoms with van der Waals surface area (Å²) in [6.45, 7) is 12.6. The van der Waals surface area contributed by atoms with Crippen LogP contribution in [-0.4, -0.2) is 61.4 Å². The number of hydrogen-bond donors (Lipinski definition) is 0. The third-order valence-corrected chi connectivity index (χ3v) is 10.9. The van der Waals surface area contributed by atoms with Crippen molar-refractivity contribution in [2.75, 3.05) is 13.2 Å². The van der Waals surface area contributed by atoms with Crippen LogP contribution in [0.25, 0.3) is 21.5 Å². The van der Waals surface area contributed by atoms with Gasteiger partial charge >= 0.3 is 48.2 Å². The molecule has 0 aliphatic rings. The van der Waals surface area contributed by atoms with E-state index in [1.165, 1.54) is 41.0 Å². The minimum absolute atomic E-state index is 0.0720. The Morgan fingerprint density at radius 3 is 1.49 bits per heavy atom. The SMILES string of the molecule is C=C(OCCC(C(F)(F)F)C(F)(F)C(F)(F)C(F)(F)C(F)(F)C(F)(F)C(F)F)C(C)(C)CC.CCC(C)(C)C(=O)OCCCCCCc1c2ccccc2cc2ccccc12.FF. The van der Waals surface area contributed by atoms with Gasteiger partial charge in [0.15, 0.2) is 0 Å². The van der Waals surface area contributed by atoms with E-state index in [1.54, 1.807) is 6.92 Å². The average Bonchev–Trinajstić information content (AvgIpc) is 3.21. The van der Waals surface area contributed by atoms with Gasteiger partial charge in [0.05, 0.1) is 24.4 Å². The van der Waals surface area contributed by atoms with Crippen LogP contribution in [0.5, 0.6) is 0 Å². The molecule has 0 radical (unpaired) electrons. The summed E-state index contributed by atoms with van der Waals surface area (Å²) >= 11 is 0. The Morgan fingerprint density at radius 1 is 0.603 bits per heavy atom. The number of esters is 1. The number of hydrogen-bond acceptors (Lipinski definition) is 3. The summed E-state index contributed by atoms with van der Waals surface area (Å²) in [5.41, 5.74) is 0.135. The van der Waals surface area contributed by atoms with Crippen LogP contribution in [0, 0.1) is 16.7 Å². The van der Waals surface area contributed by atoms with E-state index in [0.717, 1.165) is 38.5 Å². The van der Waals surface area contributed by atoms with Crippen LogP contribution in [0.1, 0.15) is 92.1 Å². The van der Waals surface area contributed by atoms with Crippen LogP contribution >= 0.6 is 0 Å². The highest BCUT2D eigenvalue weighted by atomic mass is 20.0. The van der Waals surface area contributed by atoms with Crippen molar-refractivity contribution in [3.8, 4) is 0 Å². The minimum Gasteiger partial charge on any atom is -0.498 e. The van der Waals surface area contributed by atoms with Gasteiger partial charge in [0.25, 0.3) is 0 Å². The molecule has 1 atom stereocenters. The number of halogens is 17. The number of carbonyl (C=O) groups excluding carboxylic acids is 1. The molecule has 3 aromatic rings. The van der Waals surface area contributed by atoms with Crippen molar-refractivity contribution in [1.82, 2.24) is 0 Å². The number of ether oxygens (including phenoxy) is 2. The lowest BCUT2D eigenvalue weighted by molar-refractivity contribution is -0.427. The maximum Gasteiger partial charge on any atom is 0.397 e. The van der Waals surface area contributed by atoms with Gasteiger partial charge in [-0.25, -0.2) is 8.78 Å². The molecule has 20 heteroatoms. The number of allylic oxidation sites excluding steroid dienone is 1. The summed E-state index contributed by atoms with van der Waals surface area (Å²) in [6.07, 6.45) is -7.94. The lowest BCUT2D eigenvalue weighted by Gasteiger charge is -2.41. The second kappa shape index (κ2) is 22.3. The molecule has 0 aliphatic carbocycles. The zero-order valence-electron chi connectivity index (χ0n) is 35.3. The van der Waals surface area contributed by atoms with Gasteiger partial charge in [0, 0.05) is 14.6 Å². The first-order valence-electron chi connectivity index (χ1n) is 19.6. The molecule has 0 aromatic heterocycles. The average molecular weight is 939 g/mol. The summed E-state index contributed by atoms with van der Waals surface area (Å²) in [4.78, 5) is 12.0. The smallest absolute Gasteiger partial charge is 0.397 e. The first kappa shape index (κ1) is 57.0. The van der Waals surface area contributed by atoms with Crippen molar-refractivity contribution in [1.29, 1.82) is 0 Å². The number of alkyl halides is 15. The summed E-state index contributed by atoms with van der Waals surface area (Å²) in [5.74, 6) is -43.4. The molecule has 0 aliphatic heterocycles. The Morgan fingerprint density at radius 2 is 1.05 bits per heavy atom. The Kier molecular flexibility index (Phi) is 20.1. The molecule has 0 N–H and O–H groups in total. The molecule has 360 valence electrons. The second-order valence-electron chi connectivity index (χ2n) is 16.0. The number of aryl methyl sites for hydroxylation is 1. The summed E-state index contributed by atoms with van der Waals surface area (Å²) in [6, 6.07) is 19.7. The van der Waals surface area contributed by atoms with Crippen LogP contribution in [0.2, 0.25) is 0 Å². The van der Waals surface area contributed by atoms with Gasteiger partial charge in [-0.2, -0.15) is 57.1 Å². The number of benzene rings is 3. The van der Waals surface area contributed by atoms with E-state index in [0.29, 0.717) is 6.61 Å². The molecule has 0 heterocycles. The van der Waals surface area contributed by atoms with Gasteiger partial charge in [0.1, 0.15) is 5.92 Å². The van der Waals surface area contributed by atoms with E-state index in [9.17, 15) is 70.7 Å². The van der Waals surface area contributed by atoms with Crippen LogP contribution < -0.4 is 0 Å². The van der Waals surface area contributed by atoms with Crippen molar-refractivity contribution in [3.63, 3.8) is 0 Å². The number of fused-ring (bicyclic) bond motifs is 2. The molecule has 63 heavy (non-hydrogen) atoms. The van der Waals surface area contributed by atoms with E-state index in [1.807, 2.05) is 20.8 Å². The first-order chi connectivity index (χ1) is 28.8. The molecule has 0 spiro atoms. The molecule has 0 saturated carbocycles. The lowest BCUT2D eigenvalue weighted by atomic mass is 9.85. The lowest BCUT2D eigenvalue weighted by Crippen LogP contribution is -2.70. The zero-order valence-corrected chi connectivity index (χ0v) is 35.3. The zero-order chi connectivity index (χ0) is 49.0. The predicted molar refractivity (Wildman–Crippen MR) is 205 cm³/mol. The second-order valence-corrected chi connectivity index (χ2v) is 16.0. The van der Waals surface area contributed by atoms with Gasteiger partial charge in [-0.3, -0.25) is 4.79 Å². The Hall–Kier alpha value is -4.00. The van der Waals surface area contributed by atoms with E-state index in [-0.39, 0.29) is 23.6 Å². The van der Waals surface area contributed by atoms with Gasteiger partial charge in [0.2, 0.25) is 0 Å². The normalized spacial score (nSPS) is 13.8. The molecular weight excluding hydrogens is 887 g/mol. The van der Waals surface area contributed by atoms with E-state index >= 15 is 0 Å². The quantitative estimate of drug-likeness (QED) is 0.0351. The van der Waals surface area contributed by atoms with Crippen LogP contribution in [0.3, 0.4) is 0 Å². The molecule has 3 nitrogen and oxygen atoms in total.